The summed E-state index contributed by atoms with van der Waals surface area (Å²) in [6.45, 7) is 8.92. The van der Waals surface area contributed by atoms with Crippen LogP contribution < -0.4 is 5.32 Å². The minimum atomic E-state index is -0.321. The Morgan fingerprint density at radius 2 is 1.80 bits per heavy atom. The molecule has 0 radical (unpaired) electrons. The molecule has 0 unspecified atom stereocenters. The van der Waals surface area contributed by atoms with Gasteiger partial charge in [0.25, 0.3) is 5.91 Å². The van der Waals surface area contributed by atoms with Gasteiger partial charge >= 0.3 is 0 Å². The molecule has 2 amide bonds. The number of methoxy groups -OCH3 is 1. The van der Waals surface area contributed by atoms with Crippen molar-refractivity contribution in [2.24, 2.45) is 0 Å². The van der Waals surface area contributed by atoms with Gasteiger partial charge in [-0.2, -0.15) is 5.10 Å². The quantitative estimate of drug-likeness (QED) is 0.410. The summed E-state index contributed by atoms with van der Waals surface area (Å²) in [5, 5.41) is 8.11. The van der Waals surface area contributed by atoms with E-state index in [-0.39, 0.29) is 23.8 Å². The summed E-state index contributed by atoms with van der Waals surface area (Å²) in [6, 6.07) is 16.6. The fourth-order valence-corrected chi connectivity index (χ4v) is 3.85. The monoisotopic (exact) mass is 496 g/mol. The van der Waals surface area contributed by atoms with Gasteiger partial charge in [-0.15, -0.1) is 0 Å². The van der Waals surface area contributed by atoms with Gasteiger partial charge in [0.2, 0.25) is 5.91 Å². The number of aryl methyl sites for hydroxylation is 1. The van der Waals surface area contributed by atoms with Crippen molar-refractivity contribution >= 4 is 29.2 Å². The topological polar surface area (TPSA) is 76.5 Å². The van der Waals surface area contributed by atoms with Crippen molar-refractivity contribution in [3.05, 3.63) is 76.4 Å². The summed E-state index contributed by atoms with van der Waals surface area (Å²) in [5.41, 5.74) is 2.91. The molecule has 0 saturated carbocycles. The molecule has 0 bridgehead atoms. The van der Waals surface area contributed by atoms with E-state index in [0.717, 1.165) is 16.9 Å². The number of amides is 2. The Morgan fingerprint density at radius 3 is 2.46 bits per heavy atom. The van der Waals surface area contributed by atoms with Crippen LogP contribution in [0.1, 0.15) is 48.8 Å². The third kappa shape index (κ3) is 6.71. The van der Waals surface area contributed by atoms with Crippen LogP contribution in [0.25, 0.3) is 5.69 Å². The number of ether oxygens (including phenoxy) is 1. The van der Waals surface area contributed by atoms with Gasteiger partial charge in [-0.05, 0) is 37.1 Å². The number of benzene rings is 2. The Morgan fingerprint density at radius 1 is 1.11 bits per heavy atom. The maximum Gasteiger partial charge on any atom is 0.255 e. The molecule has 0 atom stereocenters. The third-order valence-electron chi connectivity index (χ3n) is 5.59. The molecule has 8 heteroatoms. The Hall–Kier alpha value is -3.16. The molecule has 2 aromatic carbocycles. The number of anilines is 1. The number of nitrogens with one attached hydrogen (secondary N) is 1. The molecule has 35 heavy (non-hydrogen) atoms. The van der Waals surface area contributed by atoms with Crippen molar-refractivity contribution in [1.29, 1.82) is 0 Å². The van der Waals surface area contributed by atoms with Crippen LogP contribution >= 0.6 is 11.6 Å². The number of para-hydroxylation sites is 1. The SMILES string of the molecule is COCCCN(CC(=O)Nc1cc(C(C)(C)C)nn1-c1ccccc1C)C(=O)c1ccccc1Cl. The largest absolute Gasteiger partial charge is 0.385 e. The molecule has 1 N–H and O–H groups in total. The highest BCUT2D eigenvalue weighted by atomic mass is 35.5. The van der Waals surface area contributed by atoms with Crippen molar-refractivity contribution in [3.8, 4) is 5.69 Å². The number of rotatable bonds is 9. The van der Waals surface area contributed by atoms with Gasteiger partial charge in [-0.3, -0.25) is 9.59 Å². The minimum Gasteiger partial charge on any atom is -0.385 e. The number of hydrogen-bond acceptors (Lipinski definition) is 4. The summed E-state index contributed by atoms with van der Waals surface area (Å²) < 4.78 is 6.89. The van der Waals surface area contributed by atoms with E-state index in [0.29, 0.717) is 36.0 Å². The van der Waals surface area contributed by atoms with Gasteiger partial charge in [0.05, 0.1) is 22.0 Å². The number of nitrogens with zero attached hydrogens (tertiary/aromatic N) is 3. The fourth-order valence-electron chi connectivity index (χ4n) is 3.63. The Bertz CT molecular complexity index is 1180. The van der Waals surface area contributed by atoms with Crippen molar-refractivity contribution < 1.29 is 14.3 Å². The minimum absolute atomic E-state index is 0.127. The summed E-state index contributed by atoms with van der Waals surface area (Å²) in [5.74, 6) is -0.0704. The van der Waals surface area contributed by atoms with Gasteiger partial charge < -0.3 is 15.0 Å². The lowest BCUT2D eigenvalue weighted by Gasteiger charge is -2.23. The number of hydrogen-bond donors (Lipinski definition) is 1. The fraction of sp³-hybridized carbons (Fsp3) is 0.370. The van der Waals surface area contributed by atoms with Crippen LogP contribution in [0.3, 0.4) is 0 Å². The summed E-state index contributed by atoms with van der Waals surface area (Å²) >= 11 is 6.26. The molecule has 3 aromatic rings. The lowest BCUT2D eigenvalue weighted by Crippen LogP contribution is -2.39. The van der Waals surface area contributed by atoms with Crippen LogP contribution in [0.4, 0.5) is 5.82 Å². The smallest absolute Gasteiger partial charge is 0.255 e. The number of carbonyl (C=O) groups is 2. The second kappa shape index (κ2) is 11.5. The zero-order chi connectivity index (χ0) is 25.6. The molecule has 0 aliphatic rings. The molecule has 0 spiro atoms. The van der Waals surface area contributed by atoms with E-state index in [1.165, 1.54) is 4.90 Å². The Kier molecular flexibility index (Phi) is 8.70. The van der Waals surface area contributed by atoms with Gasteiger partial charge in [-0.1, -0.05) is 62.7 Å². The molecular formula is C27H33ClN4O3. The van der Waals surface area contributed by atoms with Crippen molar-refractivity contribution in [2.45, 2.75) is 39.5 Å². The zero-order valence-electron chi connectivity index (χ0n) is 21.0. The first-order valence-electron chi connectivity index (χ1n) is 11.6. The number of carbonyl (C=O) groups excluding carboxylic acids is 2. The van der Waals surface area contributed by atoms with E-state index in [1.807, 2.05) is 37.3 Å². The molecule has 186 valence electrons. The highest BCUT2D eigenvalue weighted by Gasteiger charge is 2.24. The van der Waals surface area contributed by atoms with Gasteiger partial charge in [0.15, 0.2) is 0 Å². The average molecular weight is 497 g/mol. The summed E-state index contributed by atoms with van der Waals surface area (Å²) in [4.78, 5) is 27.9. The highest BCUT2D eigenvalue weighted by molar-refractivity contribution is 6.33. The van der Waals surface area contributed by atoms with Crippen molar-refractivity contribution in [3.63, 3.8) is 0 Å². The van der Waals surface area contributed by atoms with E-state index in [2.05, 4.69) is 26.1 Å². The van der Waals surface area contributed by atoms with Gasteiger partial charge in [0.1, 0.15) is 12.4 Å². The van der Waals surface area contributed by atoms with Crippen LogP contribution in [-0.2, 0) is 14.9 Å². The predicted octanol–water partition coefficient (Wildman–Crippen LogP) is 5.25. The van der Waals surface area contributed by atoms with E-state index >= 15 is 0 Å². The van der Waals surface area contributed by atoms with E-state index < -0.39 is 0 Å². The third-order valence-corrected chi connectivity index (χ3v) is 5.92. The van der Waals surface area contributed by atoms with Crippen LogP contribution in [0.15, 0.2) is 54.6 Å². The predicted molar refractivity (Wildman–Crippen MR) is 139 cm³/mol. The standard InChI is InChI=1S/C27H33ClN4O3/c1-19-11-6-9-14-22(19)32-24(17-23(30-32)27(2,3)4)29-25(33)18-31(15-10-16-35-5)26(34)20-12-7-8-13-21(20)28/h6-9,11-14,17H,10,15-16,18H2,1-5H3,(H,29,33). The first-order valence-corrected chi connectivity index (χ1v) is 12.0. The highest BCUT2D eigenvalue weighted by Crippen LogP contribution is 2.27. The summed E-state index contributed by atoms with van der Waals surface area (Å²) in [6.07, 6.45) is 0.593. The lowest BCUT2D eigenvalue weighted by atomic mass is 9.92. The second-order valence-corrected chi connectivity index (χ2v) is 9.87. The molecule has 1 heterocycles. The number of aromatic nitrogens is 2. The zero-order valence-corrected chi connectivity index (χ0v) is 21.7. The van der Waals surface area contributed by atoms with Crippen molar-refractivity contribution in [2.75, 3.05) is 32.1 Å². The molecule has 3 rings (SSSR count). The Labute approximate surface area is 212 Å². The second-order valence-electron chi connectivity index (χ2n) is 9.46. The first kappa shape index (κ1) is 26.4. The molecule has 7 nitrogen and oxygen atoms in total. The maximum atomic E-state index is 13.2. The van der Waals surface area contributed by atoms with Crippen LogP contribution in [0, 0.1) is 6.92 Å². The molecule has 0 aliphatic heterocycles. The normalized spacial score (nSPS) is 11.4. The maximum absolute atomic E-state index is 13.2. The molecule has 0 fully saturated rings. The first-order chi connectivity index (χ1) is 16.6. The van der Waals surface area contributed by atoms with Crippen LogP contribution in [0.2, 0.25) is 5.02 Å². The van der Waals surface area contributed by atoms with Gasteiger partial charge in [-0.25, -0.2) is 4.68 Å². The Balaban J connectivity index is 1.87. The van der Waals surface area contributed by atoms with Crippen molar-refractivity contribution in [1.82, 2.24) is 14.7 Å². The summed E-state index contributed by atoms with van der Waals surface area (Å²) in [7, 11) is 1.60. The van der Waals surface area contributed by atoms with Gasteiger partial charge in [0, 0.05) is 31.7 Å². The van der Waals surface area contributed by atoms with E-state index in [1.54, 1.807) is 36.1 Å². The van der Waals surface area contributed by atoms with E-state index in [4.69, 9.17) is 21.4 Å². The van der Waals surface area contributed by atoms with E-state index in [9.17, 15) is 9.59 Å². The molecule has 1 aromatic heterocycles. The lowest BCUT2D eigenvalue weighted by molar-refractivity contribution is -0.117. The average Bonchev–Trinajstić information content (AvgIpc) is 3.22. The molecular weight excluding hydrogens is 464 g/mol. The molecule has 0 aliphatic carbocycles. The van der Waals surface area contributed by atoms with Crippen LogP contribution in [-0.4, -0.2) is 53.3 Å². The molecule has 0 saturated heterocycles. The number of halogens is 1. The van der Waals surface area contributed by atoms with Crippen LogP contribution in [0.5, 0.6) is 0 Å².